The third-order valence-electron chi connectivity index (χ3n) is 8.61. The first-order valence-electron chi connectivity index (χ1n) is 15.4. The van der Waals surface area contributed by atoms with Gasteiger partial charge in [0.05, 0.1) is 26.0 Å². The van der Waals surface area contributed by atoms with Gasteiger partial charge in [0, 0.05) is 36.0 Å². The Bertz CT molecular complexity index is 1390. The lowest BCUT2D eigenvalue weighted by Crippen LogP contribution is -2.35. The third-order valence-corrected chi connectivity index (χ3v) is 11.0. The molecule has 0 aromatic heterocycles. The summed E-state index contributed by atoms with van der Waals surface area (Å²) in [5, 5.41) is 37.4. The lowest BCUT2D eigenvalue weighted by atomic mass is 9.89. The van der Waals surface area contributed by atoms with Gasteiger partial charge in [0.15, 0.2) is 11.5 Å². The van der Waals surface area contributed by atoms with E-state index in [0.29, 0.717) is 62.1 Å². The van der Waals surface area contributed by atoms with Gasteiger partial charge >= 0.3 is 0 Å². The van der Waals surface area contributed by atoms with Crippen molar-refractivity contribution in [2.45, 2.75) is 88.2 Å². The number of phenols is 2. The van der Waals surface area contributed by atoms with Gasteiger partial charge in [-0.2, -0.15) is 0 Å². The number of phenolic OH excluding ortho intramolecular Hbond substituents is 2. The fraction of sp³-hybridized carbons (Fsp3) is 0.500. The summed E-state index contributed by atoms with van der Waals surface area (Å²) >= 11 is 0. The Kier molecular flexibility index (Phi) is 11.5. The average molecular weight is 626 g/mol. The van der Waals surface area contributed by atoms with Gasteiger partial charge in [-0.1, -0.05) is 65.1 Å². The van der Waals surface area contributed by atoms with E-state index in [1.54, 1.807) is 46.9 Å². The van der Waals surface area contributed by atoms with E-state index in [9.17, 15) is 20.1 Å². The molecule has 1 fully saturated rings. The highest BCUT2D eigenvalue weighted by atomic mass is 33.1. The number of hydrogen-bond donors (Lipinski definition) is 4. The molecular weight excluding hydrogens is 583 g/mol. The number of aryl methyl sites for hydroxylation is 1. The minimum Gasteiger partial charge on any atom is -0.508 e. The molecule has 5 rings (SSSR count). The van der Waals surface area contributed by atoms with E-state index >= 15 is 0 Å². The molecule has 2 atom stereocenters. The highest BCUT2D eigenvalue weighted by molar-refractivity contribution is 8.76. The van der Waals surface area contributed by atoms with Crippen LogP contribution in [0, 0.1) is 0 Å². The number of benzene rings is 3. The minimum atomic E-state index is -0.508. The lowest BCUT2D eigenvalue weighted by molar-refractivity contribution is -0.122. The Labute approximate surface area is 262 Å². The Morgan fingerprint density at radius 2 is 1.77 bits per heavy atom. The molecule has 7 nitrogen and oxygen atoms in total. The van der Waals surface area contributed by atoms with Crippen LogP contribution in [0.15, 0.2) is 42.5 Å². The van der Waals surface area contributed by atoms with E-state index in [4.69, 9.17) is 9.47 Å². The predicted octanol–water partition coefficient (Wildman–Crippen LogP) is 7.12. The van der Waals surface area contributed by atoms with E-state index in [2.05, 4.69) is 5.32 Å². The number of ketones is 1. The van der Waals surface area contributed by atoms with Gasteiger partial charge in [0.2, 0.25) is 0 Å². The SMILES string of the molecule is COc1c(O)ccc2c1-c1ccc3ccc(O)cc3c1CSSCC(O)CCC(OCNC1CCCCC1)CC(=O)CC2. The first kappa shape index (κ1) is 32.0. The van der Waals surface area contributed by atoms with Crippen LogP contribution >= 0.6 is 21.6 Å². The van der Waals surface area contributed by atoms with Crippen LogP contribution in [0.25, 0.3) is 21.9 Å². The molecule has 0 radical (unpaired) electrons. The second-order valence-electron chi connectivity index (χ2n) is 11.6. The smallest absolute Gasteiger partial charge is 0.168 e. The van der Waals surface area contributed by atoms with Crippen LogP contribution < -0.4 is 10.1 Å². The van der Waals surface area contributed by atoms with Crippen LogP contribution in [0.5, 0.6) is 17.2 Å². The Balaban J connectivity index is 1.44. The van der Waals surface area contributed by atoms with Crippen molar-refractivity contribution < 1.29 is 29.6 Å². The molecule has 0 bridgehead atoms. The maximum absolute atomic E-state index is 13.3. The first-order chi connectivity index (χ1) is 20.9. The number of rotatable bonds is 5. The lowest BCUT2D eigenvalue weighted by Gasteiger charge is -2.25. The molecule has 2 unspecified atom stereocenters. The zero-order valence-corrected chi connectivity index (χ0v) is 26.5. The number of aliphatic hydroxyl groups excluding tert-OH is 1. The molecule has 2 aliphatic rings. The molecule has 43 heavy (non-hydrogen) atoms. The molecule has 1 aliphatic carbocycles. The van der Waals surface area contributed by atoms with Crippen molar-refractivity contribution in [3.05, 3.63) is 53.6 Å². The number of aromatic hydroxyl groups is 2. The predicted molar refractivity (Wildman–Crippen MR) is 176 cm³/mol. The molecule has 3 aromatic carbocycles. The van der Waals surface area contributed by atoms with Crippen LogP contribution in [0.4, 0.5) is 0 Å². The molecule has 0 spiro atoms. The van der Waals surface area contributed by atoms with Gasteiger partial charge in [-0.25, -0.2) is 0 Å². The summed E-state index contributed by atoms with van der Waals surface area (Å²) in [6, 6.07) is 13.4. The molecule has 4 N–H and O–H groups in total. The monoisotopic (exact) mass is 625 g/mol. The topological polar surface area (TPSA) is 108 Å². The fourth-order valence-corrected chi connectivity index (χ4v) is 8.53. The van der Waals surface area contributed by atoms with Gasteiger partial charge < -0.3 is 24.8 Å². The molecule has 1 aliphatic heterocycles. The molecule has 0 saturated heterocycles. The zero-order chi connectivity index (χ0) is 30.2. The number of carbonyl (C=O) groups excluding carboxylic acids is 1. The van der Waals surface area contributed by atoms with Crippen LogP contribution in [-0.4, -0.2) is 58.9 Å². The van der Waals surface area contributed by atoms with Gasteiger partial charge in [-0.3, -0.25) is 10.1 Å². The van der Waals surface area contributed by atoms with Crippen molar-refractivity contribution in [3.8, 4) is 28.4 Å². The Hall–Kier alpha value is -2.43. The second-order valence-corrected chi connectivity index (χ2v) is 14.1. The molecule has 9 heteroatoms. The molecule has 1 heterocycles. The van der Waals surface area contributed by atoms with Gasteiger partial charge in [-0.15, -0.1) is 0 Å². The van der Waals surface area contributed by atoms with Crippen molar-refractivity contribution in [2.24, 2.45) is 0 Å². The van der Waals surface area contributed by atoms with E-state index in [1.807, 2.05) is 24.3 Å². The number of Topliss-reactive ketones (excluding diaryl/α,β-unsaturated/α-hetero) is 1. The number of aliphatic hydroxyl groups is 1. The van der Waals surface area contributed by atoms with E-state index in [0.717, 1.165) is 33.0 Å². The molecule has 232 valence electrons. The summed E-state index contributed by atoms with van der Waals surface area (Å²) in [6.07, 6.45) is 7.66. The second kappa shape index (κ2) is 15.5. The number of nitrogens with one attached hydrogen (secondary N) is 1. The normalized spacial score (nSPS) is 21.3. The number of hydrogen-bond acceptors (Lipinski definition) is 9. The Morgan fingerprint density at radius 3 is 2.58 bits per heavy atom. The summed E-state index contributed by atoms with van der Waals surface area (Å²) in [4.78, 5) is 13.3. The summed E-state index contributed by atoms with van der Waals surface area (Å²) in [6.45, 7) is 0.420. The van der Waals surface area contributed by atoms with Crippen molar-refractivity contribution in [1.29, 1.82) is 0 Å². The van der Waals surface area contributed by atoms with E-state index < -0.39 is 6.10 Å². The van der Waals surface area contributed by atoms with Crippen molar-refractivity contribution in [2.75, 3.05) is 19.6 Å². The number of ether oxygens (including phenoxy) is 2. The van der Waals surface area contributed by atoms with Gasteiger partial charge in [0.25, 0.3) is 0 Å². The zero-order valence-electron chi connectivity index (χ0n) is 24.8. The van der Waals surface area contributed by atoms with Crippen LogP contribution in [0.3, 0.4) is 0 Å². The standard InChI is InChI=1S/C34H43NO6S2/c1-40-34-32(39)16-10-23-8-12-25(36)17-28(41-21-35-24-5-3-2-4-6-24)14-13-27(38)19-42-43-20-31-29(33(23)34)15-9-22-7-11-26(37)18-30(22)31/h7,9-11,15-16,18,24,27-28,35,37-39H,2-6,8,12-14,17,19-21H2,1H3. The van der Waals surface area contributed by atoms with Crippen molar-refractivity contribution >= 4 is 38.1 Å². The van der Waals surface area contributed by atoms with E-state index in [-0.39, 0.29) is 23.4 Å². The summed E-state index contributed by atoms with van der Waals surface area (Å²) in [5.41, 5.74) is 3.57. The first-order valence-corrected chi connectivity index (χ1v) is 17.8. The van der Waals surface area contributed by atoms with Crippen LogP contribution in [0.2, 0.25) is 0 Å². The van der Waals surface area contributed by atoms with Crippen LogP contribution in [0.1, 0.15) is 68.9 Å². The quantitative estimate of drug-likeness (QED) is 0.174. The summed E-state index contributed by atoms with van der Waals surface area (Å²) < 4.78 is 11.9. The molecule has 3 aromatic rings. The average Bonchev–Trinajstić information content (AvgIpc) is 3.01. The third kappa shape index (κ3) is 8.39. The van der Waals surface area contributed by atoms with Crippen molar-refractivity contribution in [1.82, 2.24) is 5.32 Å². The molecule has 1 saturated carbocycles. The maximum atomic E-state index is 13.3. The summed E-state index contributed by atoms with van der Waals surface area (Å²) in [7, 11) is 4.81. The number of fused-ring (bicyclic) bond motifs is 5. The Morgan fingerprint density at radius 1 is 0.953 bits per heavy atom. The highest BCUT2D eigenvalue weighted by Crippen LogP contribution is 2.45. The summed E-state index contributed by atoms with van der Waals surface area (Å²) in [5.74, 6) is 1.86. The van der Waals surface area contributed by atoms with Gasteiger partial charge in [0.1, 0.15) is 11.5 Å². The molecular formula is C34H43NO6S2. The minimum absolute atomic E-state index is 0.0352. The number of carbonyl (C=O) groups is 1. The largest absolute Gasteiger partial charge is 0.508 e. The van der Waals surface area contributed by atoms with Gasteiger partial charge in [-0.05, 0) is 77.8 Å². The van der Waals surface area contributed by atoms with Crippen molar-refractivity contribution in [3.63, 3.8) is 0 Å². The van der Waals surface area contributed by atoms with Crippen LogP contribution in [-0.2, 0) is 21.7 Å². The fourth-order valence-electron chi connectivity index (χ4n) is 6.24. The highest BCUT2D eigenvalue weighted by Gasteiger charge is 2.23. The molecule has 0 amide bonds. The van der Waals surface area contributed by atoms with E-state index in [1.165, 1.54) is 32.1 Å². The maximum Gasteiger partial charge on any atom is 0.168 e. The number of methoxy groups -OCH3 is 1.